The summed E-state index contributed by atoms with van der Waals surface area (Å²) in [4.78, 5) is 0. The van der Waals surface area contributed by atoms with Gasteiger partial charge >= 0.3 is 95.3 Å². The minimum Gasteiger partial charge on any atom is -0.225 e. The van der Waals surface area contributed by atoms with E-state index in [2.05, 4.69) is 34.8 Å². The fourth-order valence-corrected chi connectivity index (χ4v) is 4.03. The Balaban J connectivity index is 8.30. The molecule has 0 fully saturated rings. The first-order chi connectivity index (χ1) is 23.2. The molecule has 0 atom stereocenters. The summed E-state index contributed by atoms with van der Waals surface area (Å²) in [5.74, 6) is -137. The van der Waals surface area contributed by atoms with E-state index >= 15 is 4.39 Å². The van der Waals surface area contributed by atoms with E-state index in [1.54, 1.807) is 0 Å². The molecule has 38 heteroatoms. The van der Waals surface area contributed by atoms with E-state index in [4.69, 9.17) is 0 Å². The zero-order chi connectivity index (χ0) is 47.0. The van der Waals surface area contributed by atoms with Crippen LogP contribution < -0.4 is 0 Å². The van der Waals surface area contributed by atoms with E-state index in [0.717, 1.165) is 0 Å². The molecule has 0 amide bonds. The Morgan fingerprint density at radius 1 is 0.161 bits per heavy atom. The minimum atomic E-state index is -10.2. The first kappa shape index (κ1) is 54.4. The van der Waals surface area contributed by atoms with Crippen LogP contribution in [0.15, 0.2) is 0 Å². The van der Waals surface area contributed by atoms with Crippen molar-refractivity contribution in [2.75, 3.05) is 0 Å². The summed E-state index contributed by atoms with van der Waals surface area (Å²) >= 11 is 11.3. The molecule has 0 radical (unpaired) electrons. The largest absolute Gasteiger partial charge is 0.460 e. The average molecular weight is 987 g/mol. The predicted molar refractivity (Wildman–Crippen MR) is 105 cm³/mol. The van der Waals surface area contributed by atoms with Crippen LogP contribution in [0.25, 0.3) is 0 Å². The molecule has 0 aliphatic rings. The van der Waals surface area contributed by atoms with Crippen molar-refractivity contribution in [1.29, 1.82) is 0 Å². The molecule has 338 valence electrons. The van der Waals surface area contributed by atoms with Crippen LogP contribution in [0.1, 0.15) is 0 Å². The summed E-state index contributed by atoms with van der Waals surface area (Å²) in [6.45, 7) is 0. The molecule has 0 aromatic carbocycles. The highest BCUT2D eigenvalue weighted by Crippen LogP contribution is 2.72. The lowest BCUT2D eigenvalue weighted by Crippen LogP contribution is -2.83. The Kier molecular flexibility index (Phi) is 12.6. The number of halogens is 38. The zero-order valence-corrected chi connectivity index (χ0v) is 25.6. The standard InChI is InChI=1S/C18Cl3F35/c19-16(20,21)1(22,2(23,24)4(27,28)6(31,32)8(35,36)10(39,40)12(43,44)14(47,48)17(51,52)53)3(25,26)5(29,30)7(33,34)9(37,38)11(41,42)13(45,46)15(49,50)18(54,55)56. The van der Waals surface area contributed by atoms with Crippen LogP contribution in [-0.4, -0.2) is 105 Å². The Morgan fingerprint density at radius 3 is 0.375 bits per heavy atom. The molecular weight excluding hydrogens is 987 g/mol. The van der Waals surface area contributed by atoms with E-state index < -0.39 is 105 Å². The van der Waals surface area contributed by atoms with Crippen molar-refractivity contribution < 1.29 is 154 Å². The van der Waals surface area contributed by atoms with Crippen molar-refractivity contribution in [1.82, 2.24) is 0 Å². The fraction of sp³-hybridized carbons (Fsp3) is 1.00. The van der Waals surface area contributed by atoms with Crippen molar-refractivity contribution in [2.45, 2.75) is 105 Å². The third-order valence-corrected chi connectivity index (χ3v) is 7.48. The van der Waals surface area contributed by atoms with Gasteiger partial charge in [0, 0.05) is 0 Å². The number of rotatable bonds is 14. The Hall–Kier alpha value is -1.58. The molecule has 0 spiro atoms. The second-order valence-corrected chi connectivity index (χ2v) is 12.5. The molecule has 0 saturated heterocycles. The van der Waals surface area contributed by atoms with Gasteiger partial charge < -0.3 is 0 Å². The molecule has 0 nitrogen and oxygen atoms in total. The molecule has 0 rings (SSSR count). The maximum Gasteiger partial charge on any atom is 0.460 e. The molecule has 0 aromatic heterocycles. The quantitative estimate of drug-likeness (QED) is 0.120. The molecule has 0 N–H and O–H groups in total. The van der Waals surface area contributed by atoms with Crippen LogP contribution in [0.3, 0.4) is 0 Å². The second-order valence-electron chi connectivity index (χ2n) is 10.2. The lowest BCUT2D eigenvalue weighted by molar-refractivity contribution is -0.483. The van der Waals surface area contributed by atoms with Gasteiger partial charge in [-0.2, -0.15) is 149 Å². The number of hydrogen-bond acceptors (Lipinski definition) is 0. The van der Waals surface area contributed by atoms with Crippen LogP contribution in [0.2, 0.25) is 0 Å². The van der Waals surface area contributed by atoms with Gasteiger partial charge in [0.05, 0.1) is 0 Å². The van der Waals surface area contributed by atoms with Crippen molar-refractivity contribution in [3.8, 4) is 0 Å². The van der Waals surface area contributed by atoms with Crippen LogP contribution in [0.4, 0.5) is 154 Å². The Morgan fingerprint density at radius 2 is 0.268 bits per heavy atom. The van der Waals surface area contributed by atoms with Crippen LogP contribution in [-0.2, 0) is 0 Å². The highest BCUT2D eigenvalue weighted by Gasteiger charge is 3.03. The molecule has 0 aromatic rings. The van der Waals surface area contributed by atoms with Crippen molar-refractivity contribution >= 4 is 34.8 Å². The smallest absolute Gasteiger partial charge is 0.225 e. The molecule has 0 bridgehead atoms. The van der Waals surface area contributed by atoms with Crippen molar-refractivity contribution in [2.24, 2.45) is 0 Å². The maximum absolute atomic E-state index is 15.2. The molecule has 0 saturated carbocycles. The summed E-state index contributed by atoms with van der Waals surface area (Å²) in [6.07, 6.45) is -16.9. The van der Waals surface area contributed by atoms with Crippen molar-refractivity contribution in [3.63, 3.8) is 0 Å². The van der Waals surface area contributed by atoms with Gasteiger partial charge in [-0.25, -0.2) is 4.39 Å². The van der Waals surface area contributed by atoms with Gasteiger partial charge in [0.1, 0.15) is 0 Å². The van der Waals surface area contributed by atoms with Crippen LogP contribution in [0, 0.1) is 0 Å². The molecule has 0 unspecified atom stereocenters. The first-order valence-electron chi connectivity index (χ1n) is 11.4. The van der Waals surface area contributed by atoms with Gasteiger partial charge in [-0.15, -0.1) is 0 Å². The Labute approximate surface area is 294 Å². The van der Waals surface area contributed by atoms with Gasteiger partial charge in [0.25, 0.3) is 5.67 Å². The SMILES string of the molecule is FC(F)(F)C(F)(F)C(F)(F)C(F)(F)C(F)(F)C(F)(F)C(F)(F)C(F)(F)C(F)(C(Cl)(Cl)Cl)C(F)(F)C(F)(F)C(F)(F)C(F)(F)C(F)(F)C(F)(F)C(F)(F)C(F)(F)F. The van der Waals surface area contributed by atoms with Crippen LogP contribution >= 0.6 is 34.8 Å². The summed E-state index contributed by atoms with van der Waals surface area (Å²) in [5, 5.41) is 0. The Bertz CT molecular complexity index is 1340. The zero-order valence-electron chi connectivity index (χ0n) is 23.4. The average Bonchev–Trinajstić information content (AvgIpc) is 2.93. The van der Waals surface area contributed by atoms with Gasteiger partial charge in [-0.3, -0.25) is 0 Å². The third kappa shape index (κ3) is 6.04. The van der Waals surface area contributed by atoms with E-state index in [0.29, 0.717) is 0 Å². The first-order valence-corrected chi connectivity index (χ1v) is 12.6. The molecule has 0 heterocycles. The number of hydrogen-bond donors (Lipinski definition) is 0. The lowest BCUT2D eigenvalue weighted by atomic mass is 9.77. The molecule has 56 heavy (non-hydrogen) atoms. The van der Waals surface area contributed by atoms with Crippen LogP contribution in [0.5, 0.6) is 0 Å². The number of alkyl halides is 38. The normalized spacial score (nSPS) is 17.5. The highest BCUT2D eigenvalue weighted by atomic mass is 35.6. The van der Waals surface area contributed by atoms with Gasteiger partial charge in [0.2, 0.25) is 3.79 Å². The summed E-state index contributed by atoms with van der Waals surface area (Å²) < 4.78 is 467. The fourth-order valence-electron chi connectivity index (χ4n) is 3.31. The van der Waals surface area contributed by atoms with Crippen molar-refractivity contribution in [3.05, 3.63) is 0 Å². The van der Waals surface area contributed by atoms with Gasteiger partial charge in [-0.1, -0.05) is 34.8 Å². The van der Waals surface area contributed by atoms with E-state index in [-0.39, 0.29) is 0 Å². The maximum atomic E-state index is 15.2. The van der Waals surface area contributed by atoms with Gasteiger partial charge in [0.15, 0.2) is 0 Å². The van der Waals surface area contributed by atoms with E-state index in [9.17, 15) is 149 Å². The van der Waals surface area contributed by atoms with E-state index in [1.807, 2.05) is 0 Å². The predicted octanol–water partition coefficient (Wildman–Crippen LogP) is 13.1. The summed E-state index contributed by atoms with van der Waals surface area (Å²) in [5.41, 5.74) is -9.62. The topological polar surface area (TPSA) is 0 Å². The third-order valence-electron chi connectivity index (χ3n) is 6.70. The summed E-state index contributed by atoms with van der Waals surface area (Å²) in [7, 11) is 0. The minimum absolute atomic E-state index is 3.78. The summed E-state index contributed by atoms with van der Waals surface area (Å²) in [6, 6.07) is 0. The van der Waals surface area contributed by atoms with E-state index in [1.165, 1.54) is 0 Å². The lowest BCUT2D eigenvalue weighted by Gasteiger charge is -2.51. The monoisotopic (exact) mass is 986 g/mol. The highest BCUT2D eigenvalue weighted by molar-refractivity contribution is 6.68. The molecular formula is C18Cl3F35. The molecule has 0 aliphatic heterocycles. The molecule has 0 aliphatic carbocycles. The second kappa shape index (κ2) is 13.0. The van der Waals surface area contributed by atoms with Gasteiger partial charge in [-0.05, 0) is 0 Å².